The predicted molar refractivity (Wildman–Crippen MR) is 82.3 cm³/mol. The normalized spacial score (nSPS) is 10.8. The lowest BCUT2D eigenvalue weighted by molar-refractivity contribution is -0.121. The SMILES string of the molecule is CCOCCCNC(=O)Cn1ccc(=O)c2cc(F)ccc21. The standard InChI is InChI=1S/C16H19FN2O3/c1-2-22-9-3-7-18-16(21)11-19-8-6-15(20)13-10-12(17)4-5-14(13)19/h4-6,8,10H,2-3,7,9,11H2,1H3,(H,18,21). The Bertz CT molecular complexity index is 712. The topological polar surface area (TPSA) is 60.3 Å². The second-order valence-corrected chi connectivity index (χ2v) is 4.87. The van der Waals surface area contributed by atoms with Crippen molar-refractivity contribution in [2.75, 3.05) is 19.8 Å². The van der Waals surface area contributed by atoms with E-state index in [0.29, 0.717) is 25.3 Å². The average Bonchev–Trinajstić information content (AvgIpc) is 2.50. The molecule has 5 nitrogen and oxygen atoms in total. The van der Waals surface area contributed by atoms with Crippen molar-refractivity contribution in [1.29, 1.82) is 0 Å². The second-order valence-electron chi connectivity index (χ2n) is 4.87. The van der Waals surface area contributed by atoms with Gasteiger partial charge in [0.15, 0.2) is 5.43 Å². The van der Waals surface area contributed by atoms with E-state index in [9.17, 15) is 14.0 Å². The van der Waals surface area contributed by atoms with Crippen LogP contribution in [-0.2, 0) is 16.1 Å². The van der Waals surface area contributed by atoms with Crippen LogP contribution in [0.25, 0.3) is 10.9 Å². The van der Waals surface area contributed by atoms with E-state index in [-0.39, 0.29) is 23.3 Å². The van der Waals surface area contributed by atoms with Crippen LogP contribution >= 0.6 is 0 Å². The highest BCUT2D eigenvalue weighted by Gasteiger charge is 2.07. The zero-order valence-electron chi connectivity index (χ0n) is 12.5. The van der Waals surface area contributed by atoms with Gasteiger partial charge in [0.25, 0.3) is 0 Å². The summed E-state index contributed by atoms with van der Waals surface area (Å²) in [5.41, 5.74) is 0.279. The van der Waals surface area contributed by atoms with Crippen molar-refractivity contribution in [3.05, 3.63) is 46.5 Å². The van der Waals surface area contributed by atoms with Crippen LogP contribution in [0, 0.1) is 5.82 Å². The Morgan fingerprint density at radius 3 is 2.95 bits per heavy atom. The number of ether oxygens (including phenoxy) is 1. The van der Waals surface area contributed by atoms with Crippen molar-refractivity contribution in [2.24, 2.45) is 0 Å². The molecule has 2 aromatic rings. The van der Waals surface area contributed by atoms with Crippen LogP contribution in [0.15, 0.2) is 35.3 Å². The molecule has 1 N–H and O–H groups in total. The summed E-state index contributed by atoms with van der Waals surface area (Å²) in [5, 5.41) is 3.06. The molecule has 0 spiro atoms. The molecule has 0 fully saturated rings. The van der Waals surface area contributed by atoms with E-state index >= 15 is 0 Å². The van der Waals surface area contributed by atoms with Gasteiger partial charge >= 0.3 is 0 Å². The Hall–Kier alpha value is -2.21. The van der Waals surface area contributed by atoms with Gasteiger partial charge in [0.2, 0.25) is 5.91 Å². The van der Waals surface area contributed by atoms with Crippen LogP contribution in [0.4, 0.5) is 4.39 Å². The Kier molecular flexibility index (Phi) is 5.66. The summed E-state index contributed by atoms with van der Waals surface area (Å²) in [6.45, 7) is 3.80. The summed E-state index contributed by atoms with van der Waals surface area (Å²) in [4.78, 5) is 23.7. The van der Waals surface area contributed by atoms with E-state index in [1.54, 1.807) is 10.8 Å². The van der Waals surface area contributed by atoms with Gasteiger partial charge in [0, 0.05) is 37.4 Å². The summed E-state index contributed by atoms with van der Waals surface area (Å²) in [7, 11) is 0. The van der Waals surface area contributed by atoms with E-state index in [4.69, 9.17) is 4.74 Å². The number of nitrogens with one attached hydrogen (secondary N) is 1. The molecule has 22 heavy (non-hydrogen) atoms. The van der Waals surface area contributed by atoms with E-state index in [1.807, 2.05) is 6.92 Å². The first-order valence-corrected chi connectivity index (χ1v) is 7.25. The lowest BCUT2D eigenvalue weighted by atomic mass is 10.2. The number of amides is 1. The maximum atomic E-state index is 13.2. The molecule has 1 heterocycles. The van der Waals surface area contributed by atoms with Crippen molar-refractivity contribution in [1.82, 2.24) is 9.88 Å². The second kappa shape index (κ2) is 7.70. The minimum absolute atomic E-state index is 0.0804. The number of aromatic nitrogens is 1. The molecular weight excluding hydrogens is 287 g/mol. The number of halogens is 1. The molecule has 0 saturated carbocycles. The highest BCUT2D eigenvalue weighted by atomic mass is 19.1. The minimum atomic E-state index is -0.470. The third-order valence-corrected chi connectivity index (χ3v) is 3.25. The first-order chi connectivity index (χ1) is 10.6. The molecule has 6 heteroatoms. The van der Waals surface area contributed by atoms with E-state index in [1.165, 1.54) is 24.3 Å². The summed E-state index contributed by atoms with van der Waals surface area (Å²) < 4.78 is 20.1. The minimum Gasteiger partial charge on any atom is -0.382 e. The van der Waals surface area contributed by atoms with Gasteiger partial charge in [-0.1, -0.05) is 0 Å². The molecule has 0 saturated heterocycles. The molecule has 0 aliphatic heterocycles. The summed E-state index contributed by atoms with van der Waals surface area (Å²) in [6, 6.07) is 5.31. The van der Waals surface area contributed by atoms with Gasteiger partial charge in [0.05, 0.1) is 5.52 Å². The first-order valence-electron chi connectivity index (χ1n) is 7.25. The van der Waals surface area contributed by atoms with Crippen LogP contribution in [-0.4, -0.2) is 30.2 Å². The van der Waals surface area contributed by atoms with Gasteiger partial charge < -0.3 is 14.6 Å². The Balaban J connectivity index is 2.04. The van der Waals surface area contributed by atoms with Crippen molar-refractivity contribution in [2.45, 2.75) is 19.9 Å². The molecule has 2 rings (SSSR count). The van der Waals surface area contributed by atoms with Crippen LogP contribution in [0.5, 0.6) is 0 Å². The summed E-state index contributed by atoms with van der Waals surface area (Å²) in [5.74, 6) is -0.631. The van der Waals surface area contributed by atoms with Gasteiger partial charge in [-0.3, -0.25) is 9.59 Å². The summed E-state index contributed by atoms with van der Waals surface area (Å²) >= 11 is 0. The average molecular weight is 306 g/mol. The fourth-order valence-corrected chi connectivity index (χ4v) is 2.18. The van der Waals surface area contributed by atoms with Gasteiger partial charge in [-0.2, -0.15) is 0 Å². The smallest absolute Gasteiger partial charge is 0.239 e. The van der Waals surface area contributed by atoms with Crippen molar-refractivity contribution in [3.63, 3.8) is 0 Å². The van der Waals surface area contributed by atoms with E-state index < -0.39 is 5.82 Å². The molecule has 1 aromatic heterocycles. The molecule has 0 aliphatic carbocycles. The Labute approximate surface area is 127 Å². The number of hydrogen-bond acceptors (Lipinski definition) is 3. The molecule has 0 unspecified atom stereocenters. The molecule has 118 valence electrons. The number of benzene rings is 1. The zero-order valence-corrected chi connectivity index (χ0v) is 12.5. The third kappa shape index (κ3) is 4.14. The fraction of sp³-hybridized carbons (Fsp3) is 0.375. The predicted octanol–water partition coefficient (Wildman–Crippen LogP) is 1.68. The van der Waals surface area contributed by atoms with Crippen LogP contribution < -0.4 is 10.7 Å². The molecule has 0 radical (unpaired) electrons. The number of rotatable bonds is 7. The molecule has 0 aliphatic rings. The number of nitrogens with zero attached hydrogens (tertiary/aromatic N) is 1. The number of carbonyl (C=O) groups is 1. The molecule has 1 aromatic carbocycles. The van der Waals surface area contributed by atoms with Gasteiger partial charge in [-0.05, 0) is 31.5 Å². The molecular formula is C16H19FN2O3. The van der Waals surface area contributed by atoms with Crippen LogP contribution in [0.3, 0.4) is 0 Å². The van der Waals surface area contributed by atoms with Gasteiger partial charge in [0.1, 0.15) is 12.4 Å². The quantitative estimate of drug-likeness (QED) is 0.792. The van der Waals surface area contributed by atoms with Crippen molar-refractivity contribution < 1.29 is 13.9 Å². The Morgan fingerprint density at radius 2 is 2.18 bits per heavy atom. The lowest BCUT2D eigenvalue weighted by Gasteiger charge is -2.11. The van der Waals surface area contributed by atoms with Crippen LogP contribution in [0.2, 0.25) is 0 Å². The third-order valence-electron chi connectivity index (χ3n) is 3.25. The molecule has 1 amide bonds. The maximum absolute atomic E-state index is 13.2. The Morgan fingerprint density at radius 1 is 1.36 bits per heavy atom. The van der Waals surface area contributed by atoms with Crippen molar-refractivity contribution >= 4 is 16.8 Å². The number of fused-ring (bicyclic) bond motifs is 1. The maximum Gasteiger partial charge on any atom is 0.239 e. The fourth-order valence-electron chi connectivity index (χ4n) is 2.18. The molecule has 0 atom stereocenters. The monoisotopic (exact) mass is 306 g/mol. The van der Waals surface area contributed by atoms with E-state index in [0.717, 1.165) is 6.42 Å². The van der Waals surface area contributed by atoms with Gasteiger partial charge in [-0.25, -0.2) is 4.39 Å². The number of hydrogen-bond donors (Lipinski definition) is 1. The molecule has 0 bridgehead atoms. The first kappa shape index (κ1) is 16.2. The summed E-state index contributed by atoms with van der Waals surface area (Å²) in [6.07, 6.45) is 2.29. The number of pyridine rings is 1. The largest absolute Gasteiger partial charge is 0.382 e. The highest BCUT2D eigenvalue weighted by molar-refractivity contribution is 5.82. The number of carbonyl (C=O) groups excluding carboxylic acids is 1. The van der Waals surface area contributed by atoms with Crippen LogP contribution in [0.1, 0.15) is 13.3 Å². The van der Waals surface area contributed by atoms with E-state index in [2.05, 4.69) is 5.32 Å². The zero-order chi connectivity index (χ0) is 15.9. The van der Waals surface area contributed by atoms with Crippen molar-refractivity contribution in [3.8, 4) is 0 Å². The highest BCUT2D eigenvalue weighted by Crippen LogP contribution is 2.11. The lowest BCUT2D eigenvalue weighted by Crippen LogP contribution is -2.29. The van der Waals surface area contributed by atoms with Gasteiger partial charge in [-0.15, -0.1) is 0 Å².